The second-order valence-electron chi connectivity index (χ2n) is 6.35. The minimum Gasteiger partial charge on any atom is -0.465 e. The first-order valence-corrected chi connectivity index (χ1v) is 8.62. The number of nitrogens with two attached hydrogens (primary N) is 1. The van der Waals surface area contributed by atoms with Gasteiger partial charge in [0.25, 0.3) is 0 Å². The summed E-state index contributed by atoms with van der Waals surface area (Å²) in [5.74, 6) is -3.07. The van der Waals surface area contributed by atoms with E-state index in [4.69, 9.17) is 10.8 Å². The highest BCUT2D eigenvalue weighted by Gasteiger charge is 2.50. The van der Waals surface area contributed by atoms with E-state index in [-0.39, 0.29) is 17.1 Å². The second-order valence-corrected chi connectivity index (χ2v) is 8.99. The van der Waals surface area contributed by atoms with E-state index in [0.717, 1.165) is 12.1 Å². The predicted molar refractivity (Wildman–Crippen MR) is 88.5 cm³/mol. The van der Waals surface area contributed by atoms with Crippen LogP contribution in [0, 0.1) is 11.6 Å². The number of nitrogens with one attached hydrogen (secondary N) is 1. The number of rotatable bonds is 1. The molecule has 0 spiro atoms. The van der Waals surface area contributed by atoms with Crippen LogP contribution >= 0.6 is 10.6 Å². The van der Waals surface area contributed by atoms with E-state index < -0.39 is 44.4 Å². The van der Waals surface area contributed by atoms with E-state index >= 15 is 0 Å². The zero-order chi connectivity index (χ0) is 18.5. The molecule has 0 saturated carbocycles. The lowest BCUT2D eigenvalue weighted by Crippen LogP contribution is -2.55. The molecular formula is C14H19F2N3O4S. The van der Waals surface area contributed by atoms with E-state index in [1.54, 1.807) is 0 Å². The largest absolute Gasteiger partial charge is 0.465 e. The van der Waals surface area contributed by atoms with Gasteiger partial charge < -0.3 is 10.8 Å². The zero-order valence-corrected chi connectivity index (χ0v) is 14.1. The topological polar surface area (TPSA) is 128 Å². The number of halogens is 2. The van der Waals surface area contributed by atoms with Gasteiger partial charge in [0.2, 0.25) is 0 Å². The standard InChI is InChI=1S/C14H19F2N3O4S/c1-13(2)11(18-12(20)21)19-14(3,6-24(13,22)23)8-4-7(17)5-9(15)10(8)16/h4-5,22-23H,6,17H2,1-3H3,(H,18,19)(H,20,21). The number of carbonyl (C=O) groups is 1. The molecular weight excluding hydrogens is 344 g/mol. The SMILES string of the molecule is CC1(c2cc(N)cc(F)c2F)CS(O)(O)C(C)(C)C(NC(=O)O)=N1. The lowest BCUT2D eigenvalue weighted by Gasteiger charge is -2.53. The minimum absolute atomic E-state index is 0.0608. The molecule has 1 amide bonds. The van der Waals surface area contributed by atoms with Crippen molar-refractivity contribution in [3.8, 4) is 0 Å². The highest BCUT2D eigenvalue weighted by atomic mass is 32.3. The van der Waals surface area contributed by atoms with Crippen molar-refractivity contribution < 1.29 is 27.8 Å². The summed E-state index contributed by atoms with van der Waals surface area (Å²) in [6.45, 7) is 4.18. The molecule has 0 saturated heterocycles. The lowest BCUT2D eigenvalue weighted by molar-refractivity contribution is 0.199. The van der Waals surface area contributed by atoms with Crippen LogP contribution in [0.5, 0.6) is 0 Å². The molecule has 0 bridgehead atoms. The molecule has 10 heteroatoms. The van der Waals surface area contributed by atoms with Gasteiger partial charge in [-0.1, -0.05) is 0 Å². The van der Waals surface area contributed by atoms with Crippen molar-refractivity contribution in [2.45, 2.75) is 31.1 Å². The van der Waals surface area contributed by atoms with E-state index in [1.165, 1.54) is 20.8 Å². The molecule has 1 aliphatic rings. The second kappa shape index (κ2) is 5.57. The molecule has 0 fully saturated rings. The van der Waals surface area contributed by atoms with Crippen LogP contribution in [0.3, 0.4) is 0 Å². The van der Waals surface area contributed by atoms with Crippen molar-refractivity contribution in [2.75, 3.05) is 11.5 Å². The number of amides is 1. The monoisotopic (exact) mass is 363 g/mol. The first-order chi connectivity index (χ1) is 10.8. The fourth-order valence-electron chi connectivity index (χ4n) is 2.56. The summed E-state index contributed by atoms with van der Waals surface area (Å²) in [5, 5.41) is 11.0. The van der Waals surface area contributed by atoms with Crippen LogP contribution in [0.2, 0.25) is 0 Å². The Balaban J connectivity index is 2.71. The summed E-state index contributed by atoms with van der Waals surface area (Å²) in [6, 6.07) is 1.95. The molecule has 134 valence electrons. The molecule has 1 aromatic rings. The maximum Gasteiger partial charge on any atom is 0.410 e. The van der Waals surface area contributed by atoms with Crippen molar-refractivity contribution in [3.63, 3.8) is 0 Å². The van der Waals surface area contributed by atoms with Crippen molar-refractivity contribution >= 4 is 28.2 Å². The molecule has 0 aliphatic carbocycles. The predicted octanol–water partition coefficient (Wildman–Crippen LogP) is 2.97. The van der Waals surface area contributed by atoms with Gasteiger partial charge >= 0.3 is 6.09 Å². The number of anilines is 1. The number of hydrogen-bond acceptors (Lipinski definition) is 5. The average Bonchev–Trinajstić information content (AvgIpc) is 2.39. The Morgan fingerprint density at radius 2 is 1.92 bits per heavy atom. The van der Waals surface area contributed by atoms with Gasteiger partial charge in [0, 0.05) is 11.3 Å². The highest BCUT2D eigenvalue weighted by Crippen LogP contribution is 2.59. The van der Waals surface area contributed by atoms with E-state index in [1.807, 2.05) is 5.32 Å². The third-order valence-corrected chi connectivity index (χ3v) is 6.88. The average molecular weight is 363 g/mol. The van der Waals surface area contributed by atoms with Crippen LogP contribution in [-0.2, 0) is 5.54 Å². The first-order valence-electron chi connectivity index (χ1n) is 6.91. The minimum atomic E-state index is -3.44. The van der Waals surface area contributed by atoms with Crippen molar-refractivity contribution in [1.82, 2.24) is 5.32 Å². The number of nitrogens with zero attached hydrogens (tertiary/aromatic N) is 1. The highest BCUT2D eigenvalue weighted by molar-refractivity contribution is 8.26. The Bertz CT molecular complexity index is 739. The Kier molecular flexibility index (Phi) is 4.28. The molecule has 0 aromatic heterocycles. The van der Waals surface area contributed by atoms with Gasteiger partial charge in [0.05, 0.1) is 5.75 Å². The number of carboxylic acid groups (broad SMARTS) is 1. The molecule has 0 radical (unpaired) electrons. The summed E-state index contributed by atoms with van der Waals surface area (Å²) in [7, 11) is -3.44. The summed E-state index contributed by atoms with van der Waals surface area (Å²) < 4.78 is 47.5. The quantitative estimate of drug-likeness (QED) is 0.490. The molecule has 2 rings (SSSR count). The van der Waals surface area contributed by atoms with Gasteiger partial charge in [0.1, 0.15) is 16.1 Å². The molecule has 1 heterocycles. The van der Waals surface area contributed by atoms with Crippen LogP contribution in [0.1, 0.15) is 26.3 Å². The van der Waals surface area contributed by atoms with Gasteiger partial charge in [-0.2, -0.15) is 10.6 Å². The van der Waals surface area contributed by atoms with Gasteiger partial charge in [-0.15, -0.1) is 0 Å². The zero-order valence-electron chi connectivity index (χ0n) is 13.3. The Morgan fingerprint density at radius 1 is 1.33 bits per heavy atom. The summed E-state index contributed by atoms with van der Waals surface area (Å²) in [5.41, 5.74) is 3.60. The van der Waals surface area contributed by atoms with E-state index in [9.17, 15) is 22.7 Å². The Hall–Kier alpha value is -1.91. The number of hydrogen-bond donors (Lipinski definition) is 5. The molecule has 1 unspecified atom stereocenters. The molecule has 6 N–H and O–H groups in total. The molecule has 1 aliphatic heterocycles. The summed E-state index contributed by atoms with van der Waals surface area (Å²) in [4.78, 5) is 15.2. The van der Waals surface area contributed by atoms with E-state index in [2.05, 4.69) is 4.99 Å². The number of amidine groups is 1. The molecule has 7 nitrogen and oxygen atoms in total. The number of aliphatic imine (C=N–C) groups is 1. The first kappa shape index (κ1) is 18.4. The van der Waals surface area contributed by atoms with Gasteiger partial charge in [-0.05, 0) is 32.9 Å². The number of nitrogen functional groups attached to an aromatic ring is 1. The fourth-order valence-corrected chi connectivity index (χ4v) is 4.33. The van der Waals surface area contributed by atoms with Crippen molar-refractivity contribution in [1.29, 1.82) is 0 Å². The van der Waals surface area contributed by atoms with Crippen LogP contribution in [0.25, 0.3) is 0 Å². The Morgan fingerprint density at radius 3 is 2.46 bits per heavy atom. The lowest BCUT2D eigenvalue weighted by atomic mass is 9.92. The number of benzene rings is 1. The van der Waals surface area contributed by atoms with Gasteiger partial charge in [-0.25, -0.2) is 13.6 Å². The summed E-state index contributed by atoms with van der Waals surface area (Å²) in [6.07, 6.45) is -1.46. The molecule has 1 atom stereocenters. The Labute approximate surface area is 138 Å². The fraction of sp³-hybridized carbons (Fsp3) is 0.429. The normalized spacial score (nSPS) is 26.4. The van der Waals surface area contributed by atoms with Crippen LogP contribution in [0.15, 0.2) is 17.1 Å². The maximum absolute atomic E-state index is 14.3. The van der Waals surface area contributed by atoms with E-state index in [0.29, 0.717) is 0 Å². The third kappa shape index (κ3) is 2.92. The van der Waals surface area contributed by atoms with Gasteiger partial charge in [-0.3, -0.25) is 19.4 Å². The van der Waals surface area contributed by atoms with Crippen molar-refractivity contribution in [3.05, 3.63) is 29.3 Å². The summed E-state index contributed by atoms with van der Waals surface area (Å²) >= 11 is 0. The molecule has 24 heavy (non-hydrogen) atoms. The third-order valence-electron chi connectivity index (χ3n) is 4.08. The van der Waals surface area contributed by atoms with Crippen LogP contribution in [0.4, 0.5) is 19.3 Å². The molecule has 1 aromatic carbocycles. The van der Waals surface area contributed by atoms with Gasteiger partial charge in [0.15, 0.2) is 11.6 Å². The van der Waals surface area contributed by atoms with Crippen molar-refractivity contribution in [2.24, 2.45) is 4.99 Å². The smallest absolute Gasteiger partial charge is 0.410 e. The van der Waals surface area contributed by atoms with Crippen LogP contribution in [-0.4, -0.2) is 36.6 Å². The van der Waals surface area contributed by atoms with Crippen LogP contribution < -0.4 is 11.1 Å². The maximum atomic E-state index is 14.3.